The summed E-state index contributed by atoms with van der Waals surface area (Å²) in [4.78, 5) is 13.9. The van der Waals surface area contributed by atoms with E-state index in [0.29, 0.717) is 11.0 Å². The van der Waals surface area contributed by atoms with Gasteiger partial charge in [-0.3, -0.25) is 9.36 Å². The predicted molar refractivity (Wildman–Crippen MR) is 111 cm³/mol. The molecule has 28 heavy (non-hydrogen) atoms. The maximum absolute atomic E-state index is 12.3. The van der Waals surface area contributed by atoms with Crippen LogP contribution in [-0.4, -0.2) is 44.9 Å². The largest absolute Gasteiger partial charge is 0.485 e. The quantitative estimate of drug-likeness (QED) is 0.570. The van der Waals surface area contributed by atoms with E-state index in [1.165, 1.54) is 11.8 Å². The Morgan fingerprint density at radius 3 is 2.46 bits per heavy atom. The van der Waals surface area contributed by atoms with Crippen molar-refractivity contribution in [2.45, 2.75) is 30.9 Å². The van der Waals surface area contributed by atoms with E-state index in [0.717, 1.165) is 17.0 Å². The van der Waals surface area contributed by atoms with Crippen molar-refractivity contribution in [2.75, 3.05) is 14.1 Å². The van der Waals surface area contributed by atoms with Crippen LogP contribution in [-0.2, 0) is 11.4 Å². The van der Waals surface area contributed by atoms with E-state index in [1.807, 2.05) is 73.0 Å². The number of hydrogen-bond donors (Lipinski definition) is 0. The number of thioether (sulfide) groups is 1. The van der Waals surface area contributed by atoms with Crippen molar-refractivity contribution in [2.24, 2.45) is 0 Å². The monoisotopic (exact) mass is 396 g/mol. The molecule has 7 heteroatoms. The summed E-state index contributed by atoms with van der Waals surface area (Å²) in [7, 11) is 3.51. The van der Waals surface area contributed by atoms with Crippen molar-refractivity contribution >= 4 is 17.7 Å². The maximum Gasteiger partial charge on any atom is 0.235 e. The first kappa shape index (κ1) is 19.9. The smallest absolute Gasteiger partial charge is 0.235 e. The maximum atomic E-state index is 12.3. The molecule has 146 valence electrons. The number of carbonyl (C=O) groups excluding carboxylic acids is 1. The SMILES string of the molecule is Cc1ccccc1OCc1nnc(SC(C)C(=O)N(C)C)n1-c1ccccc1. The molecule has 0 aliphatic carbocycles. The van der Waals surface area contributed by atoms with Gasteiger partial charge in [-0.05, 0) is 37.6 Å². The predicted octanol–water partition coefficient (Wildman–Crippen LogP) is 3.72. The first-order chi connectivity index (χ1) is 13.5. The lowest BCUT2D eigenvalue weighted by atomic mass is 10.2. The second-order valence-corrected chi connectivity index (χ2v) is 7.92. The van der Waals surface area contributed by atoms with Crippen LogP contribution in [0.3, 0.4) is 0 Å². The molecule has 0 aliphatic rings. The Balaban J connectivity index is 1.89. The lowest BCUT2D eigenvalue weighted by molar-refractivity contribution is -0.127. The highest BCUT2D eigenvalue weighted by atomic mass is 32.2. The molecule has 0 N–H and O–H groups in total. The Bertz CT molecular complexity index is 941. The standard InChI is InChI=1S/C21H24N4O2S/c1-15-10-8-9-13-18(15)27-14-19-22-23-21(28-16(2)20(26)24(3)4)25(19)17-11-6-5-7-12-17/h5-13,16H,14H2,1-4H3. The number of carbonyl (C=O) groups is 1. The Hall–Kier alpha value is -2.80. The van der Waals surface area contributed by atoms with Crippen LogP contribution in [0.25, 0.3) is 5.69 Å². The summed E-state index contributed by atoms with van der Waals surface area (Å²) in [5.74, 6) is 1.53. The number of amides is 1. The Kier molecular flexibility index (Phi) is 6.36. The molecule has 0 saturated heterocycles. The molecule has 2 aromatic carbocycles. The van der Waals surface area contributed by atoms with E-state index in [2.05, 4.69) is 10.2 Å². The van der Waals surface area contributed by atoms with E-state index in [9.17, 15) is 4.79 Å². The van der Waals surface area contributed by atoms with Gasteiger partial charge < -0.3 is 9.64 Å². The summed E-state index contributed by atoms with van der Waals surface area (Å²) in [6.45, 7) is 4.16. The van der Waals surface area contributed by atoms with Crippen LogP contribution in [0.2, 0.25) is 0 Å². The summed E-state index contributed by atoms with van der Waals surface area (Å²) in [5, 5.41) is 9.06. The molecular weight excluding hydrogens is 372 g/mol. The van der Waals surface area contributed by atoms with Gasteiger partial charge >= 0.3 is 0 Å². The van der Waals surface area contributed by atoms with Gasteiger partial charge in [0.2, 0.25) is 5.91 Å². The van der Waals surface area contributed by atoms with Crippen molar-refractivity contribution < 1.29 is 9.53 Å². The summed E-state index contributed by atoms with van der Waals surface area (Å²) in [6, 6.07) is 17.7. The molecule has 1 heterocycles. The van der Waals surface area contributed by atoms with Gasteiger partial charge in [0, 0.05) is 19.8 Å². The van der Waals surface area contributed by atoms with Gasteiger partial charge in [0.15, 0.2) is 11.0 Å². The normalized spacial score (nSPS) is 11.9. The van der Waals surface area contributed by atoms with Gasteiger partial charge in [0.25, 0.3) is 0 Å². The molecule has 6 nitrogen and oxygen atoms in total. The number of hydrogen-bond acceptors (Lipinski definition) is 5. The molecule has 0 aliphatic heterocycles. The zero-order valence-electron chi connectivity index (χ0n) is 16.5. The van der Waals surface area contributed by atoms with Crippen LogP contribution in [0, 0.1) is 6.92 Å². The highest BCUT2D eigenvalue weighted by Gasteiger charge is 2.22. The lowest BCUT2D eigenvalue weighted by Gasteiger charge is -2.17. The summed E-state index contributed by atoms with van der Waals surface area (Å²) < 4.78 is 7.93. The van der Waals surface area contributed by atoms with Gasteiger partial charge in [-0.1, -0.05) is 48.2 Å². The molecule has 1 amide bonds. The molecular formula is C21H24N4O2S. The van der Waals surface area contributed by atoms with E-state index < -0.39 is 0 Å². The van der Waals surface area contributed by atoms with Gasteiger partial charge in [0.1, 0.15) is 12.4 Å². The van der Waals surface area contributed by atoms with Crippen molar-refractivity contribution in [3.05, 3.63) is 66.0 Å². The molecule has 0 fully saturated rings. The molecule has 0 spiro atoms. The first-order valence-corrected chi connectivity index (χ1v) is 9.91. The number of benzene rings is 2. The molecule has 3 rings (SSSR count). The third-order valence-electron chi connectivity index (χ3n) is 4.24. The average Bonchev–Trinajstić information content (AvgIpc) is 3.09. The van der Waals surface area contributed by atoms with Crippen LogP contribution in [0.5, 0.6) is 5.75 Å². The Morgan fingerprint density at radius 2 is 1.79 bits per heavy atom. The second-order valence-electron chi connectivity index (χ2n) is 6.62. The molecule has 1 aromatic heterocycles. The first-order valence-electron chi connectivity index (χ1n) is 9.03. The van der Waals surface area contributed by atoms with Crippen LogP contribution in [0.15, 0.2) is 59.8 Å². The minimum Gasteiger partial charge on any atom is -0.485 e. The van der Waals surface area contributed by atoms with Crippen LogP contribution >= 0.6 is 11.8 Å². The van der Waals surface area contributed by atoms with Crippen molar-refractivity contribution in [1.82, 2.24) is 19.7 Å². The van der Waals surface area contributed by atoms with E-state index >= 15 is 0 Å². The van der Waals surface area contributed by atoms with Gasteiger partial charge in [0.05, 0.1) is 5.25 Å². The number of rotatable bonds is 7. The molecule has 0 bridgehead atoms. The van der Waals surface area contributed by atoms with E-state index in [1.54, 1.807) is 19.0 Å². The highest BCUT2D eigenvalue weighted by Crippen LogP contribution is 2.27. The minimum atomic E-state index is -0.271. The van der Waals surface area contributed by atoms with Crippen molar-refractivity contribution in [1.29, 1.82) is 0 Å². The fourth-order valence-electron chi connectivity index (χ4n) is 2.74. The number of ether oxygens (including phenoxy) is 1. The molecule has 1 atom stereocenters. The van der Waals surface area contributed by atoms with Gasteiger partial charge in [-0.15, -0.1) is 10.2 Å². The van der Waals surface area contributed by atoms with Crippen LogP contribution < -0.4 is 4.74 Å². The van der Waals surface area contributed by atoms with Gasteiger partial charge in [-0.2, -0.15) is 0 Å². The summed E-state index contributed by atoms with van der Waals surface area (Å²) in [6.07, 6.45) is 0. The molecule has 3 aromatic rings. The fourth-order valence-corrected chi connectivity index (χ4v) is 3.77. The molecule has 0 saturated carbocycles. The zero-order chi connectivity index (χ0) is 20.1. The molecule has 1 unspecified atom stereocenters. The number of aryl methyl sites for hydroxylation is 1. The van der Waals surface area contributed by atoms with Crippen LogP contribution in [0.1, 0.15) is 18.3 Å². The van der Waals surface area contributed by atoms with Crippen molar-refractivity contribution in [3.63, 3.8) is 0 Å². The Morgan fingerprint density at radius 1 is 1.11 bits per heavy atom. The lowest BCUT2D eigenvalue weighted by Crippen LogP contribution is -2.29. The minimum absolute atomic E-state index is 0.0327. The number of nitrogens with zero attached hydrogens (tertiary/aromatic N) is 4. The fraction of sp³-hybridized carbons (Fsp3) is 0.286. The molecule has 0 radical (unpaired) electrons. The topological polar surface area (TPSA) is 60.3 Å². The number of para-hydroxylation sites is 2. The summed E-state index contributed by atoms with van der Waals surface area (Å²) >= 11 is 1.39. The van der Waals surface area contributed by atoms with E-state index in [-0.39, 0.29) is 17.8 Å². The van der Waals surface area contributed by atoms with E-state index in [4.69, 9.17) is 4.74 Å². The Labute approximate surface area is 169 Å². The zero-order valence-corrected chi connectivity index (χ0v) is 17.3. The highest BCUT2D eigenvalue weighted by molar-refractivity contribution is 8.00. The number of aromatic nitrogens is 3. The third-order valence-corrected chi connectivity index (χ3v) is 5.27. The average molecular weight is 397 g/mol. The third kappa shape index (κ3) is 4.54. The van der Waals surface area contributed by atoms with Gasteiger partial charge in [-0.25, -0.2) is 0 Å². The summed E-state index contributed by atoms with van der Waals surface area (Å²) in [5.41, 5.74) is 2.00. The second kappa shape index (κ2) is 8.93. The van der Waals surface area contributed by atoms with Crippen LogP contribution in [0.4, 0.5) is 0 Å². The van der Waals surface area contributed by atoms with Crippen molar-refractivity contribution in [3.8, 4) is 11.4 Å².